The molecule has 12 heteroatoms. The zero-order valence-electron chi connectivity index (χ0n) is 24.8. The lowest BCUT2D eigenvalue weighted by Crippen LogP contribution is -2.61. The summed E-state index contributed by atoms with van der Waals surface area (Å²) >= 11 is 0. The molecule has 2 N–H and O–H groups in total. The number of rotatable bonds is 5. The molecule has 9 rings (SSSR count). The van der Waals surface area contributed by atoms with Gasteiger partial charge in [-0.3, -0.25) is 9.69 Å². The maximum atomic E-state index is 15.1. The van der Waals surface area contributed by atoms with Gasteiger partial charge in [0, 0.05) is 36.6 Å². The SMILES string of the molecule is [2H]C([2H])(Oc1nc(N2CC3CCC2CN3)c2cnn(-c3cc(O)cc4ccc(F)c(F)c34)c(=O)c2n1)C12CCCN1CCC2. The first kappa shape index (κ1) is 23.6. The first-order valence-corrected chi connectivity index (χ1v) is 14.5. The van der Waals surface area contributed by atoms with E-state index in [1.54, 1.807) is 0 Å². The highest BCUT2D eigenvalue weighted by atomic mass is 19.2. The molecule has 0 amide bonds. The van der Waals surface area contributed by atoms with Crippen molar-refractivity contribution in [2.24, 2.45) is 0 Å². The normalized spacial score (nSPS) is 24.3. The molecular weight excluding hydrogens is 544 g/mol. The molecule has 0 saturated carbocycles. The van der Waals surface area contributed by atoms with Crippen LogP contribution in [0.25, 0.3) is 27.4 Å². The molecular formula is C30H31F2N7O3. The highest BCUT2D eigenvalue weighted by Gasteiger charge is 2.45. The summed E-state index contributed by atoms with van der Waals surface area (Å²) in [6.07, 6.45) is 6.34. The first-order valence-electron chi connectivity index (χ1n) is 15.5. The van der Waals surface area contributed by atoms with E-state index in [0.717, 1.165) is 62.1 Å². The topological polar surface area (TPSA) is 109 Å². The van der Waals surface area contributed by atoms with E-state index in [0.29, 0.717) is 30.6 Å². The Bertz CT molecular complexity index is 1870. The summed E-state index contributed by atoms with van der Waals surface area (Å²) in [7, 11) is 0. The number of aromatic hydroxyl groups is 1. The fourth-order valence-electron chi connectivity index (χ4n) is 7.33. The van der Waals surface area contributed by atoms with Crippen molar-refractivity contribution >= 4 is 27.5 Å². The molecule has 2 unspecified atom stereocenters. The molecule has 4 aromatic rings. The van der Waals surface area contributed by atoms with Gasteiger partial charge in [-0.1, -0.05) is 6.07 Å². The number of hydrogen-bond donors (Lipinski definition) is 2. The quantitative estimate of drug-likeness (QED) is 0.370. The highest BCUT2D eigenvalue weighted by molar-refractivity contribution is 5.93. The van der Waals surface area contributed by atoms with Gasteiger partial charge in [-0.25, -0.2) is 8.78 Å². The van der Waals surface area contributed by atoms with Crippen molar-refractivity contribution in [1.29, 1.82) is 0 Å². The van der Waals surface area contributed by atoms with Crippen LogP contribution in [0.2, 0.25) is 0 Å². The number of aromatic nitrogens is 4. The lowest BCUT2D eigenvalue weighted by molar-refractivity contribution is 0.108. The van der Waals surface area contributed by atoms with Gasteiger partial charge < -0.3 is 20.1 Å². The summed E-state index contributed by atoms with van der Waals surface area (Å²) in [6, 6.07) is 4.73. The summed E-state index contributed by atoms with van der Waals surface area (Å²) in [4.78, 5) is 27.6. The van der Waals surface area contributed by atoms with E-state index in [2.05, 4.69) is 25.2 Å². The van der Waals surface area contributed by atoms with E-state index in [-0.39, 0.29) is 45.8 Å². The molecule has 5 fully saturated rings. The number of phenols is 1. The molecule has 0 aliphatic carbocycles. The van der Waals surface area contributed by atoms with Crippen LogP contribution in [0.15, 0.2) is 35.3 Å². The van der Waals surface area contributed by atoms with Gasteiger partial charge in [0.25, 0.3) is 5.56 Å². The molecule has 0 radical (unpaired) electrons. The lowest BCUT2D eigenvalue weighted by Gasteiger charge is -2.46. The standard InChI is InChI=1S/C30H31F2N7O3/c31-22-6-3-17-11-20(40)12-23(24(17)25(22)32)39-28(41)26-21(14-34-39)27(38-15-18-4-5-19(38)13-33-18)36-29(35-26)42-16-30-7-1-9-37(30)10-2-8-30/h3,6,11-12,14,18-19,33,40H,1-2,4-5,7-10,13,15-16H2/i16D2. The van der Waals surface area contributed by atoms with Crippen molar-refractivity contribution < 1.29 is 21.4 Å². The van der Waals surface area contributed by atoms with Crippen LogP contribution in [-0.4, -0.2) is 80.1 Å². The van der Waals surface area contributed by atoms with E-state index in [1.807, 2.05) is 0 Å². The van der Waals surface area contributed by atoms with Crippen LogP contribution >= 0.6 is 0 Å². The Labute approximate surface area is 242 Å². The average Bonchev–Trinajstić information content (AvgIpc) is 3.62. The summed E-state index contributed by atoms with van der Waals surface area (Å²) in [5, 5.41) is 18.5. The Morgan fingerprint density at radius 1 is 1.17 bits per heavy atom. The Morgan fingerprint density at radius 2 is 2.00 bits per heavy atom. The van der Waals surface area contributed by atoms with Crippen LogP contribution in [0, 0.1) is 11.6 Å². The number of ether oxygens (including phenoxy) is 1. The molecule has 5 saturated heterocycles. The number of anilines is 1. The van der Waals surface area contributed by atoms with Crippen LogP contribution in [0.1, 0.15) is 41.3 Å². The van der Waals surface area contributed by atoms with E-state index >= 15 is 4.39 Å². The van der Waals surface area contributed by atoms with Crippen molar-refractivity contribution in [3.8, 4) is 17.4 Å². The van der Waals surface area contributed by atoms with Gasteiger partial charge in [-0.05, 0) is 69.1 Å². The molecule has 2 aromatic heterocycles. The fraction of sp³-hybridized carbons (Fsp3) is 0.467. The summed E-state index contributed by atoms with van der Waals surface area (Å²) in [5.74, 6) is -2.14. The maximum absolute atomic E-state index is 15.1. The summed E-state index contributed by atoms with van der Waals surface area (Å²) in [6.45, 7) is 0.812. The zero-order valence-corrected chi connectivity index (χ0v) is 22.8. The molecule has 7 heterocycles. The number of piperidine rings is 2. The number of piperazine rings is 1. The van der Waals surface area contributed by atoms with Crippen molar-refractivity contribution in [1.82, 2.24) is 30.0 Å². The van der Waals surface area contributed by atoms with Gasteiger partial charge in [-0.15, -0.1) is 0 Å². The fourth-order valence-corrected chi connectivity index (χ4v) is 7.33. The Balaban J connectivity index is 1.32. The van der Waals surface area contributed by atoms with E-state index < -0.39 is 29.3 Å². The number of fused-ring (bicyclic) bond motifs is 6. The molecule has 0 spiro atoms. The lowest BCUT2D eigenvalue weighted by atomic mass is 9.93. The zero-order chi connectivity index (χ0) is 30.4. The van der Waals surface area contributed by atoms with Gasteiger partial charge >= 0.3 is 6.01 Å². The third-order valence-corrected chi connectivity index (χ3v) is 9.40. The van der Waals surface area contributed by atoms with Crippen molar-refractivity contribution in [2.45, 2.75) is 56.1 Å². The van der Waals surface area contributed by atoms with Crippen LogP contribution in [-0.2, 0) is 0 Å². The van der Waals surface area contributed by atoms with Crippen molar-refractivity contribution in [3.05, 3.63) is 52.5 Å². The van der Waals surface area contributed by atoms with Crippen LogP contribution < -0.4 is 20.5 Å². The van der Waals surface area contributed by atoms with Gasteiger partial charge in [0.15, 0.2) is 11.6 Å². The highest BCUT2D eigenvalue weighted by Crippen LogP contribution is 2.39. The third-order valence-electron chi connectivity index (χ3n) is 9.40. The van der Waals surface area contributed by atoms with Crippen LogP contribution in [0.4, 0.5) is 14.6 Å². The summed E-state index contributed by atoms with van der Waals surface area (Å²) in [5.41, 5.74) is -1.84. The molecule has 2 atom stereocenters. The van der Waals surface area contributed by atoms with E-state index in [9.17, 15) is 14.3 Å². The number of halogens is 2. The van der Waals surface area contributed by atoms with Gasteiger partial charge in [0.1, 0.15) is 23.6 Å². The molecule has 2 aromatic carbocycles. The van der Waals surface area contributed by atoms with Crippen molar-refractivity contribution in [2.75, 3.05) is 37.6 Å². The van der Waals surface area contributed by atoms with E-state index in [4.69, 9.17) is 12.5 Å². The minimum Gasteiger partial charge on any atom is -0.508 e. The van der Waals surface area contributed by atoms with Gasteiger partial charge in [-0.2, -0.15) is 19.7 Å². The average molecular weight is 578 g/mol. The smallest absolute Gasteiger partial charge is 0.319 e. The monoisotopic (exact) mass is 577 g/mol. The minimum absolute atomic E-state index is 0.0935. The third kappa shape index (κ3) is 3.95. The number of benzene rings is 2. The number of hydrogen-bond acceptors (Lipinski definition) is 9. The second-order valence-corrected chi connectivity index (χ2v) is 11.8. The molecule has 10 nitrogen and oxygen atoms in total. The van der Waals surface area contributed by atoms with E-state index in [1.165, 1.54) is 18.3 Å². The number of nitrogens with one attached hydrogen (secondary N) is 1. The number of phenolic OH excluding ortho intramolecular Hbond substituents is 1. The van der Waals surface area contributed by atoms with Crippen LogP contribution in [0.3, 0.4) is 0 Å². The second kappa shape index (κ2) is 9.56. The van der Waals surface area contributed by atoms with Gasteiger partial charge in [0.05, 0.1) is 25.6 Å². The van der Waals surface area contributed by atoms with Crippen molar-refractivity contribution in [3.63, 3.8) is 0 Å². The molecule has 5 aliphatic rings. The maximum Gasteiger partial charge on any atom is 0.319 e. The molecule has 42 heavy (non-hydrogen) atoms. The minimum atomic E-state index is -2.14. The molecule has 2 bridgehead atoms. The number of nitrogens with zero attached hydrogens (tertiary/aromatic N) is 6. The first-order chi connectivity index (χ1) is 21.1. The molecule has 5 aliphatic heterocycles. The summed E-state index contributed by atoms with van der Waals surface area (Å²) < 4.78 is 54.5. The Kier molecular flexibility index (Phi) is 5.38. The largest absolute Gasteiger partial charge is 0.508 e. The Morgan fingerprint density at radius 3 is 2.74 bits per heavy atom. The van der Waals surface area contributed by atoms with Gasteiger partial charge in [0.2, 0.25) is 0 Å². The predicted molar refractivity (Wildman–Crippen MR) is 152 cm³/mol. The Hall–Kier alpha value is -3.90. The molecule has 218 valence electrons. The van der Waals surface area contributed by atoms with Crippen LogP contribution in [0.5, 0.6) is 11.8 Å². The second-order valence-electron chi connectivity index (χ2n) is 11.8. The predicted octanol–water partition coefficient (Wildman–Crippen LogP) is 3.26.